The van der Waals surface area contributed by atoms with Gasteiger partial charge in [-0.15, -0.1) is 0 Å². The maximum absolute atomic E-state index is 12.6. The first kappa shape index (κ1) is 16.6. The van der Waals surface area contributed by atoms with Gasteiger partial charge in [-0.05, 0) is 51.8 Å². The van der Waals surface area contributed by atoms with Gasteiger partial charge in [0.05, 0.1) is 17.8 Å². The van der Waals surface area contributed by atoms with Crippen LogP contribution in [0.25, 0.3) is 0 Å². The molecule has 1 aliphatic carbocycles. The van der Waals surface area contributed by atoms with E-state index in [-0.39, 0.29) is 11.4 Å². The van der Waals surface area contributed by atoms with E-state index in [1.165, 1.54) is 12.8 Å². The fourth-order valence-corrected chi connectivity index (χ4v) is 2.59. The van der Waals surface area contributed by atoms with Gasteiger partial charge < -0.3 is 10.1 Å². The maximum atomic E-state index is 12.6. The molecule has 24 heavy (non-hydrogen) atoms. The molecular formula is C19H25N3O2. The lowest BCUT2D eigenvalue weighted by molar-refractivity contribution is 0.0928. The topological polar surface area (TPSA) is 56.2 Å². The average molecular weight is 327 g/mol. The molecule has 1 aliphatic rings. The van der Waals surface area contributed by atoms with Gasteiger partial charge in [0.2, 0.25) is 0 Å². The van der Waals surface area contributed by atoms with Crippen LogP contribution in [0.4, 0.5) is 0 Å². The molecule has 128 valence electrons. The molecule has 2 aromatic rings. The van der Waals surface area contributed by atoms with Crippen molar-refractivity contribution < 1.29 is 9.53 Å². The van der Waals surface area contributed by atoms with E-state index in [0.29, 0.717) is 24.8 Å². The van der Waals surface area contributed by atoms with E-state index in [2.05, 4.69) is 31.2 Å². The molecule has 0 atom stereocenters. The van der Waals surface area contributed by atoms with E-state index < -0.39 is 0 Å². The zero-order valence-corrected chi connectivity index (χ0v) is 14.6. The molecule has 0 radical (unpaired) electrons. The first-order valence-corrected chi connectivity index (χ1v) is 8.51. The molecule has 1 heterocycles. The van der Waals surface area contributed by atoms with E-state index >= 15 is 0 Å². The summed E-state index contributed by atoms with van der Waals surface area (Å²) in [5.74, 6) is 1.24. The van der Waals surface area contributed by atoms with Crippen LogP contribution in [0.3, 0.4) is 0 Å². The predicted molar refractivity (Wildman–Crippen MR) is 93.5 cm³/mol. The Morgan fingerprint density at radius 3 is 2.62 bits per heavy atom. The number of nitrogens with one attached hydrogen (secondary N) is 1. The number of ether oxygens (including phenoxy) is 1. The molecule has 5 nitrogen and oxygen atoms in total. The Balaban J connectivity index is 1.60. The summed E-state index contributed by atoms with van der Waals surface area (Å²) >= 11 is 0. The summed E-state index contributed by atoms with van der Waals surface area (Å²) in [6.07, 6.45) is 2.35. The van der Waals surface area contributed by atoms with Crippen LogP contribution in [0.2, 0.25) is 0 Å². The minimum atomic E-state index is -0.222. The summed E-state index contributed by atoms with van der Waals surface area (Å²) in [6.45, 7) is 7.08. The normalized spacial score (nSPS) is 14.5. The van der Waals surface area contributed by atoms with E-state index in [1.807, 2.05) is 41.1 Å². The molecule has 1 aromatic heterocycles. The van der Waals surface area contributed by atoms with E-state index in [0.717, 1.165) is 11.4 Å². The third-order valence-corrected chi connectivity index (χ3v) is 3.99. The molecule has 3 rings (SSSR count). The van der Waals surface area contributed by atoms with Crippen molar-refractivity contribution in [1.29, 1.82) is 0 Å². The highest BCUT2D eigenvalue weighted by atomic mass is 16.5. The first-order valence-electron chi connectivity index (χ1n) is 8.51. The second kappa shape index (κ2) is 6.67. The molecule has 1 saturated carbocycles. The molecule has 0 bridgehead atoms. The Bertz CT molecular complexity index is 697. The number of amides is 1. The van der Waals surface area contributed by atoms with Crippen molar-refractivity contribution in [1.82, 2.24) is 15.1 Å². The number of rotatable bonds is 6. The smallest absolute Gasteiger partial charge is 0.269 e. The number of para-hydroxylation sites is 1. The standard InChI is InChI=1S/C19H25N3O2/c1-19(2,3)22-17(13-16(21-22)14-9-10-14)18(23)20-11-12-24-15-7-5-4-6-8-15/h4-8,13-14H,9-12H2,1-3H3,(H,20,23). The van der Waals surface area contributed by atoms with Crippen molar-refractivity contribution in [2.45, 2.75) is 45.1 Å². The Labute approximate surface area is 143 Å². The summed E-state index contributed by atoms with van der Waals surface area (Å²) in [6, 6.07) is 11.5. The van der Waals surface area contributed by atoms with Gasteiger partial charge in [-0.2, -0.15) is 5.10 Å². The van der Waals surface area contributed by atoms with Gasteiger partial charge in [0.1, 0.15) is 18.1 Å². The Morgan fingerprint density at radius 2 is 2.00 bits per heavy atom. The highest BCUT2D eigenvalue weighted by Crippen LogP contribution is 2.40. The molecule has 0 aliphatic heterocycles. The van der Waals surface area contributed by atoms with Gasteiger partial charge in [-0.25, -0.2) is 0 Å². The molecule has 1 amide bonds. The summed E-state index contributed by atoms with van der Waals surface area (Å²) in [7, 11) is 0. The van der Waals surface area contributed by atoms with Crippen molar-refractivity contribution in [3.8, 4) is 5.75 Å². The number of hydrogen-bond donors (Lipinski definition) is 1. The number of benzene rings is 1. The van der Waals surface area contributed by atoms with Crippen LogP contribution in [-0.4, -0.2) is 28.8 Å². The molecule has 1 aromatic carbocycles. The average Bonchev–Trinajstić information content (AvgIpc) is 3.29. The van der Waals surface area contributed by atoms with Crippen LogP contribution in [0.15, 0.2) is 36.4 Å². The minimum Gasteiger partial charge on any atom is -0.492 e. The Morgan fingerprint density at radius 1 is 1.29 bits per heavy atom. The van der Waals surface area contributed by atoms with Crippen LogP contribution in [-0.2, 0) is 5.54 Å². The highest BCUT2D eigenvalue weighted by Gasteiger charge is 2.31. The fraction of sp³-hybridized carbons (Fsp3) is 0.474. The summed E-state index contributed by atoms with van der Waals surface area (Å²) < 4.78 is 7.45. The largest absolute Gasteiger partial charge is 0.492 e. The second-order valence-corrected chi connectivity index (χ2v) is 7.23. The quantitative estimate of drug-likeness (QED) is 0.828. The lowest BCUT2D eigenvalue weighted by Crippen LogP contribution is -2.34. The van der Waals surface area contributed by atoms with Crippen LogP contribution >= 0.6 is 0 Å². The minimum absolute atomic E-state index is 0.0963. The predicted octanol–water partition coefficient (Wildman–Crippen LogP) is 3.32. The number of nitrogens with zero attached hydrogens (tertiary/aromatic N) is 2. The van der Waals surface area contributed by atoms with Crippen molar-refractivity contribution in [3.63, 3.8) is 0 Å². The first-order chi connectivity index (χ1) is 11.4. The van der Waals surface area contributed by atoms with Gasteiger partial charge in [0, 0.05) is 5.92 Å². The molecule has 0 spiro atoms. The van der Waals surface area contributed by atoms with Crippen LogP contribution in [0.5, 0.6) is 5.75 Å². The monoisotopic (exact) mass is 327 g/mol. The van der Waals surface area contributed by atoms with Crippen molar-refractivity contribution >= 4 is 5.91 Å². The fourth-order valence-electron chi connectivity index (χ4n) is 2.59. The lowest BCUT2D eigenvalue weighted by atomic mass is 10.1. The van der Waals surface area contributed by atoms with E-state index in [1.54, 1.807) is 0 Å². The number of aromatic nitrogens is 2. The molecule has 5 heteroatoms. The van der Waals surface area contributed by atoms with Crippen molar-refractivity contribution in [2.24, 2.45) is 0 Å². The molecular weight excluding hydrogens is 302 g/mol. The third kappa shape index (κ3) is 3.96. The third-order valence-electron chi connectivity index (χ3n) is 3.99. The summed E-state index contributed by atoms with van der Waals surface area (Å²) in [4.78, 5) is 12.6. The van der Waals surface area contributed by atoms with Gasteiger partial charge in [0.15, 0.2) is 0 Å². The maximum Gasteiger partial charge on any atom is 0.269 e. The molecule has 0 saturated heterocycles. The van der Waals surface area contributed by atoms with E-state index in [9.17, 15) is 4.79 Å². The molecule has 1 N–H and O–H groups in total. The SMILES string of the molecule is CC(C)(C)n1nc(C2CC2)cc1C(=O)NCCOc1ccccc1. The number of carbonyl (C=O) groups is 1. The number of carbonyl (C=O) groups excluding carboxylic acids is 1. The number of hydrogen-bond acceptors (Lipinski definition) is 3. The Kier molecular flexibility index (Phi) is 4.60. The zero-order valence-electron chi connectivity index (χ0n) is 14.6. The summed E-state index contributed by atoms with van der Waals surface area (Å²) in [5, 5.41) is 7.59. The van der Waals surface area contributed by atoms with Crippen molar-refractivity contribution in [3.05, 3.63) is 47.8 Å². The summed E-state index contributed by atoms with van der Waals surface area (Å²) in [5.41, 5.74) is 1.44. The van der Waals surface area contributed by atoms with Crippen LogP contribution in [0, 0.1) is 0 Å². The van der Waals surface area contributed by atoms with Gasteiger partial charge >= 0.3 is 0 Å². The van der Waals surface area contributed by atoms with Crippen molar-refractivity contribution in [2.75, 3.05) is 13.2 Å². The molecule has 1 fully saturated rings. The zero-order chi connectivity index (χ0) is 17.2. The molecule has 0 unspecified atom stereocenters. The van der Waals surface area contributed by atoms with Crippen LogP contribution in [0.1, 0.15) is 55.7 Å². The van der Waals surface area contributed by atoms with Gasteiger partial charge in [-0.1, -0.05) is 18.2 Å². The highest BCUT2D eigenvalue weighted by molar-refractivity contribution is 5.92. The van der Waals surface area contributed by atoms with Gasteiger partial charge in [-0.3, -0.25) is 9.48 Å². The Hall–Kier alpha value is -2.30. The van der Waals surface area contributed by atoms with E-state index in [4.69, 9.17) is 4.74 Å². The lowest BCUT2D eigenvalue weighted by Gasteiger charge is -2.22. The van der Waals surface area contributed by atoms with Crippen LogP contribution < -0.4 is 10.1 Å². The van der Waals surface area contributed by atoms with Gasteiger partial charge in [0.25, 0.3) is 5.91 Å². The second-order valence-electron chi connectivity index (χ2n) is 7.23.